The van der Waals surface area contributed by atoms with E-state index in [1.165, 1.54) is 23.3 Å². The summed E-state index contributed by atoms with van der Waals surface area (Å²) in [5, 5.41) is 134. The number of hydrogen-bond donors (Lipinski definition) is 21. The lowest BCUT2D eigenvalue weighted by Gasteiger charge is -2.50. The minimum Gasteiger partial charge on any atom is -0.479 e. The maximum absolute atomic E-state index is 13.0. The molecule has 0 aromatic heterocycles. The van der Waals surface area contributed by atoms with Crippen molar-refractivity contribution in [1.29, 1.82) is 0 Å². The zero-order chi connectivity index (χ0) is 75.8. The predicted molar refractivity (Wildman–Crippen MR) is 293 cm³/mol. The molecule has 100 heavy (non-hydrogen) atoms. The van der Waals surface area contributed by atoms with Crippen molar-refractivity contribution in [3.05, 3.63) is 0 Å². The van der Waals surface area contributed by atoms with Crippen LogP contribution in [0.5, 0.6) is 0 Å². The first-order valence-electron chi connectivity index (χ1n) is 27.6. The summed E-state index contributed by atoms with van der Waals surface area (Å²) in [6.45, 7) is -0.972. The summed E-state index contributed by atoms with van der Waals surface area (Å²) in [6.07, 6.45) is -74.1. The molecule has 0 aliphatic carbocycles. The SMILES string of the molecule is CC(=O)N[C@H]1[C@@H](OC(C)C)O[C@H](COS(=O)(=O)O)[C@@H](O[C@@H]2O[C@@H](C(=O)O)[C@@H](O[C@H]3O[C@H](CO)[C@@H](O[C@@H]4O[C@@H](C(=O)O)[C@@H](O[C@H]5O[C@H](COS(=O)(=O)O)[C@@H](O[C@@H]6O[C@@H](C(=O)O)[C@@H](O)[C@H](O)[C@H]6OS(=O)(=O)O)[C@H](O)[C@H]5NS(=O)(=O)O)[C@H](O)[C@H]4O)[C@H](O)[C@H]3NS(=O)(=O)O)[C@H](O)[C@H]2OS(=O)(=O)O)[C@@H]1O. The van der Waals surface area contributed by atoms with Crippen LogP contribution >= 0.6 is 0 Å². The molecule has 6 aliphatic rings. The average molecular weight is 1590 g/mol. The van der Waals surface area contributed by atoms with Gasteiger partial charge in [-0.15, -0.1) is 0 Å². The van der Waals surface area contributed by atoms with Crippen LogP contribution < -0.4 is 14.8 Å². The molecule has 53 nitrogen and oxygen atoms in total. The number of carbonyl (C=O) groups is 4. The smallest absolute Gasteiger partial charge is 0.397 e. The molecule has 0 aromatic rings. The Morgan fingerprint density at radius 3 is 1.11 bits per heavy atom. The largest absolute Gasteiger partial charge is 0.479 e. The highest BCUT2D eigenvalue weighted by atomic mass is 32.3. The van der Waals surface area contributed by atoms with Crippen molar-refractivity contribution in [2.75, 3.05) is 19.8 Å². The van der Waals surface area contributed by atoms with Gasteiger partial charge in [0.15, 0.2) is 68.3 Å². The van der Waals surface area contributed by atoms with Crippen molar-refractivity contribution in [2.45, 2.75) is 211 Å². The summed E-state index contributed by atoms with van der Waals surface area (Å²) < 4.78 is 288. The number of amides is 1. The van der Waals surface area contributed by atoms with Gasteiger partial charge in [0.05, 0.1) is 25.9 Å². The van der Waals surface area contributed by atoms with Crippen molar-refractivity contribution in [3.8, 4) is 0 Å². The molecule has 6 rings (SSSR count). The Balaban J connectivity index is 1.30. The third-order valence-corrected chi connectivity index (χ3v) is 17.5. The van der Waals surface area contributed by atoms with Crippen LogP contribution in [0.3, 0.4) is 0 Å². The summed E-state index contributed by atoms with van der Waals surface area (Å²) in [6, 6.07) is -7.41. The van der Waals surface area contributed by atoms with E-state index in [-0.39, 0.29) is 0 Å². The van der Waals surface area contributed by atoms with E-state index in [2.05, 4.69) is 22.0 Å². The fourth-order valence-corrected chi connectivity index (χ4v) is 13.4. The molecule has 6 saturated heterocycles. The first-order valence-corrected chi connectivity index (χ1v) is 35.9. The molecule has 59 heteroatoms. The van der Waals surface area contributed by atoms with Gasteiger partial charge in [-0.25, -0.2) is 31.1 Å². The van der Waals surface area contributed by atoms with Gasteiger partial charge in [0, 0.05) is 6.92 Å². The van der Waals surface area contributed by atoms with Crippen molar-refractivity contribution < 1.29 is 232 Å². The molecule has 6 fully saturated rings. The number of ether oxygens (including phenoxy) is 12. The molecule has 0 unspecified atom stereocenters. The van der Waals surface area contributed by atoms with Crippen LogP contribution in [0.1, 0.15) is 20.8 Å². The topological polar surface area (TPSA) is 821 Å². The summed E-state index contributed by atoms with van der Waals surface area (Å²) in [5.74, 6) is -7.74. The Morgan fingerprint density at radius 2 is 0.730 bits per heavy atom. The molecule has 0 spiro atoms. The first-order chi connectivity index (χ1) is 45.7. The molecule has 582 valence electrons. The number of rotatable bonds is 31. The minimum absolute atomic E-state index is 0.826. The zero-order valence-electron chi connectivity index (χ0n) is 50.1. The van der Waals surface area contributed by atoms with Gasteiger partial charge in [-0.3, -0.25) is 32.1 Å². The fraction of sp³-hybridized carbons (Fsp3) is 0.902. The van der Waals surface area contributed by atoms with Gasteiger partial charge in [0.1, 0.15) is 116 Å². The van der Waals surface area contributed by atoms with Gasteiger partial charge in [-0.05, 0) is 13.8 Å². The second kappa shape index (κ2) is 33.4. The highest BCUT2D eigenvalue weighted by molar-refractivity contribution is 7.84. The van der Waals surface area contributed by atoms with Crippen LogP contribution in [0.4, 0.5) is 0 Å². The van der Waals surface area contributed by atoms with Gasteiger partial charge < -0.3 is 123 Å². The molecule has 6 heterocycles. The third-order valence-electron chi connectivity index (χ3n) is 14.6. The number of aliphatic carboxylic acids is 3. The van der Waals surface area contributed by atoms with Crippen LogP contribution in [0.15, 0.2) is 0 Å². The van der Waals surface area contributed by atoms with Gasteiger partial charge >= 0.3 is 80.1 Å². The van der Waals surface area contributed by atoms with Crippen molar-refractivity contribution >= 4 is 86.0 Å². The van der Waals surface area contributed by atoms with Gasteiger partial charge in [-0.2, -0.15) is 60.0 Å². The molecule has 0 bridgehead atoms. The highest BCUT2D eigenvalue weighted by Crippen LogP contribution is 2.39. The number of aliphatic hydroxyl groups is 9. The Labute approximate surface area is 561 Å². The summed E-state index contributed by atoms with van der Waals surface area (Å²) >= 11 is 0. The number of carbonyl (C=O) groups excluding carboxylic acids is 1. The van der Waals surface area contributed by atoms with Gasteiger partial charge in [0.25, 0.3) is 0 Å². The van der Waals surface area contributed by atoms with Crippen molar-refractivity contribution in [2.24, 2.45) is 0 Å². The Bertz CT molecular complexity index is 3560. The molecule has 1 amide bonds. The summed E-state index contributed by atoms with van der Waals surface area (Å²) in [5.41, 5.74) is 0. The quantitative estimate of drug-likeness (QED) is 0.0287. The van der Waals surface area contributed by atoms with E-state index in [9.17, 15) is 158 Å². The summed E-state index contributed by atoms with van der Waals surface area (Å²) in [4.78, 5) is 50.2. The lowest BCUT2D eigenvalue weighted by Crippen LogP contribution is -2.71. The molecule has 21 N–H and O–H groups in total. The van der Waals surface area contributed by atoms with E-state index in [1.807, 2.05) is 0 Å². The number of nitrogens with one attached hydrogen (secondary N) is 3. The van der Waals surface area contributed by atoms with E-state index in [0.717, 1.165) is 6.92 Å². The monoisotopic (exact) mass is 1590 g/mol. The molecule has 0 saturated carbocycles. The Hall–Kier alpha value is -3.74. The maximum atomic E-state index is 13.0. The molecular formula is C41H67N3O50S6. The lowest BCUT2D eigenvalue weighted by atomic mass is 9.94. The molecule has 0 aromatic carbocycles. The zero-order valence-corrected chi connectivity index (χ0v) is 55.0. The fourth-order valence-electron chi connectivity index (χ4n) is 10.6. The van der Waals surface area contributed by atoms with E-state index in [4.69, 9.17) is 56.8 Å². The number of hydrogen-bond acceptors (Lipinski definition) is 41. The summed E-state index contributed by atoms with van der Waals surface area (Å²) in [7, 11) is -34.6. The van der Waals surface area contributed by atoms with Gasteiger partial charge in [0.2, 0.25) is 5.91 Å². The lowest BCUT2D eigenvalue weighted by molar-refractivity contribution is -0.377. The van der Waals surface area contributed by atoms with Gasteiger partial charge in [-0.1, -0.05) is 0 Å². The van der Waals surface area contributed by atoms with E-state index in [1.54, 1.807) is 0 Å². The van der Waals surface area contributed by atoms with E-state index < -0.39 is 296 Å². The second-order valence-corrected chi connectivity index (χ2v) is 28.7. The normalized spacial score (nSPS) is 40.5. The molecular weight excluding hydrogens is 1530 g/mol. The number of carboxylic acid groups (broad SMARTS) is 3. The van der Waals surface area contributed by atoms with Crippen molar-refractivity contribution in [1.82, 2.24) is 14.8 Å². The molecule has 30 atom stereocenters. The van der Waals surface area contributed by atoms with E-state index >= 15 is 0 Å². The maximum Gasteiger partial charge on any atom is 0.397 e. The first kappa shape index (κ1) is 85.2. The van der Waals surface area contributed by atoms with Crippen LogP contribution in [-0.4, -0.2) is 373 Å². The molecule has 6 aliphatic heterocycles. The Morgan fingerprint density at radius 1 is 0.390 bits per heavy atom. The Kier molecular flexibility index (Phi) is 28.4. The second-order valence-electron chi connectivity index (χ2n) is 22.1. The van der Waals surface area contributed by atoms with Crippen LogP contribution in [0.25, 0.3) is 0 Å². The number of aliphatic hydroxyl groups excluding tert-OH is 9. The average Bonchev–Trinajstić information content (AvgIpc) is 0.765. The van der Waals surface area contributed by atoms with Crippen LogP contribution in [-0.2, 0) is 155 Å². The van der Waals surface area contributed by atoms with E-state index in [0.29, 0.717) is 0 Å². The minimum atomic E-state index is -5.99. The standard InChI is InChI=1S/C41H67N3O50S6/c1-7(2)81-36-12(42-8(3)46)15(47)24(10(83-36)5-79-97(67,68)69)86-41-30(94-100(76,77)78)22(54)27(32(92-41)35(59)60)89-37-13(43-95(61,62)63)16(48)23(9(4-45)82-37)85-39-21(53)20(52)26(31(91-39)34(57)58)88-38-14(44-96(64,65)66)17(49)25(11(84-38)6-80-98(70,71)72)87-40-29(93-99(73,74)75)19(51)18(50)28(90-40)33(55)56/h7,9-32,36-41,43-45,47-54H,4-6H2,1-3H3,(H,42,46)(H,55,56)(H,57,58)(H,59,60)(H,61,62,63)(H,64,65,66)(H,67,68,69)(H,70,71,72)(H,73,74,75)(H,76,77,78)/t9-,10-,11-,12-,13-,14-,15-,16-,17-,18+,19+,20-,21-,22+,23-,24-,25-,26+,27+,28-,29-,30-,31-,32-,36+,37-,38-,39-,40-,41-/m1/s1. The third kappa shape index (κ3) is 22.6. The predicted octanol–water partition coefficient (Wildman–Crippen LogP) is -14.1. The van der Waals surface area contributed by atoms with Crippen LogP contribution in [0.2, 0.25) is 0 Å². The van der Waals surface area contributed by atoms with Crippen LogP contribution in [0, 0.1) is 0 Å². The highest BCUT2D eigenvalue weighted by Gasteiger charge is 2.62. The number of carboxylic acids is 3. The molecule has 0 radical (unpaired) electrons. The van der Waals surface area contributed by atoms with Crippen molar-refractivity contribution in [3.63, 3.8) is 0 Å².